The highest BCUT2D eigenvalue weighted by molar-refractivity contribution is 6.31. The van der Waals surface area contributed by atoms with Crippen molar-refractivity contribution in [2.24, 2.45) is 0 Å². The number of rotatable bonds is 4. The largest absolute Gasteiger partial charge is 0.351 e. The van der Waals surface area contributed by atoms with E-state index in [1.165, 1.54) is 12.1 Å². The SMILES string of the molecule is Cc1nc2nc(NCc3cccc([N+](=O)[O-])c3)[nH]n2c(=O)c1Cl. The van der Waals surface area contributed by atoms with Gasteiger partial charge < -0.3 is 5.32 Å². The smallest absolute Gasteiger partial charge is 0.293 e. The summed E-state index contributed by atoms with van der Waals surface area (Å²) in [5, 5.41) is 16.5. The fraction of sp³-hybridized carbons (Fsp3) is 0.154. The van der Waals surface area contributed by atoms with E-state index < -0.39 is 10.5 Å². The number of hydrogen-bond acceptors (Lipinski definition) is 6. The summed E-state index contributed by atoms with van der Waals surface area (Å²) in [6, 6.07) is 6.22. The predicted molar refractivity (Wildman–Crippen MR) is 83.8 cm³/mol. The van der Waals surface area contributed by atoms with E-state index in [1.807, 2.05) is 0 Å². The minimum Gasteiger partial charge on any atom is -0.351 e. The number of hydrogen-bond donors (Lipinski definition) is 2. The molecule has 0 bridgehead atoms. The first-order valence-electron chi connectivity index (χ1n) is 6.58. The average molecular weight is 335 g/mol. The van der Waals surface area contributed by atoms with Crippen LogP contribution in [-0.2, 0) is 6.54 Å². The number of benzene rings is 1. The van der Waals surface area contributed by atoms with Crippen LogP contribution in [0.2, 0.25) is 5.02 Å². The molecule has 0 aliphatic carbocycles. The molecule has 0 atom stereocenters. The monoisotopic (exact) mass is 334 g/mol. The standard InChI is InChI=1S/C13H11ClN6O3/c1-7-10(14)11(21)19-13(16-7)17-12(18-19)15-6-8-3-2-4-9(5-8)20(22)23/h2-5H,6H2,1H3,(H2,15,16,17,18). The normalized spacial score (nSPS) is 10.9. The zero-order valence-electron chi connectivity index (χ0n) is 11.9. The number of fused-ring (bicyclic) bond motifs is 1. The van der Waals surface area contributed by atoms with Gasteiger partial charge in [-0.05, 0) is 12.5 Å². The topological polar surface area (TPSA) is 118 Å². The molecule has 10 heteroatoms. The summed E-state index contributed by atoms with van der Waals surface area (Å²) in [5.41, 5.74) is 0.668. The van der Waals surface area contributed by atoms with Crippen molar-refractivity contribution in [3.8, 4) is 0 Å². The predicted octanol–water partition coefficient (Wildman–Crippen LogP) is 1.90. The van der Waals surface area contributed by atoms with Crippen LogP contribution in [0.25, 0.3) is 5.78 Å². The summed E-state index contributed by atoms with van der Waals surface area (Å²) in [6.45, 7) is 1.91. The van der Waals surface area contributed by atoms with Crippen LogP contribution in [0, 0.1) is 17.0 Å². The van der Waals surface area contributed by atoms with Gasteiger partial charge in [-0.25, -0.2) is 4.98 Å². The quantitative estimate of drug-likeness (QED) is 0.555. The zero-order valence-corrected chi connectivity index (χ0v) is 12.7. The summed E-state index contributed by atoms with van der Waals surface area (Å²) >= 11 is 5.86. The summed E-state index contributed by atoms with van der Waals surface area (Å²) in [7, 11) is 0. The Kier molecular flexibility index (Phi) is 3.70. The van der Waals surface area contributed by atoms with E-state index in [-0.39, 0.29) is 16.5 Å². The number of aromatic amines is 1. The van der Waals surface area contributed by atoms with Crippen molar-refractivity contribution < 1.29 is 4.92 Å². The van der Waals surface area contributed by atoms with Gasteiger partial charge in [0.1, 0.15) is 5.02 Å². The summed E-state index contributed by atoms with van der Waals surface area (Å²) in [4.78, 5) is 30.5. The second kappa shape index (κ2) is 5.69. The van der Waals surface area contributed by atoms with Gasteiger partial charge in [0, 0.05) is 18.7 Å². The molecule has 0 unspecified atom stereocenters. The number of anilines is 1. The first kappa shape index (κ1) is 15.0. The maximum atomic E-state index is 12.0. The van der Waals surface area contributed by atoms with Crippen molar-refractivity contribution in [3.63, 3.8) is 0 Å². The zero-order chi connectivity index (χ0) is 16.6. The molecule has 9 nitrogen and oxygen atoms in total. The summed E-state index contributed by atoms with van der Waals surface area (Å²) in [5.74, 6) is 0.501. The Labute approximate surface area is 134 Å². The van der Waals surface area contributed by atoms with Crippen LogP contribution in [0.1, 0.15) is 11.3 Å². The lowest BCUT2D eigenvalue weighted by Crippen LogP contribution is -2.17. The second-order valence-corrected chi connectivity index (χ2v) is 5.18. The van der Waals surface area contributed by atoms with E-state index in [9.17, 15) is 14.9 Å². The Bertz CT molecular complexity index is 964. The third-order valence-corrected chi connectivity index (χ3v) is 3.62. The summed E-state index contributed by atoms with van der Waals surface area (Å²) < 4.78 is 1.13. The molecule has 0 aliphatic rings. The molecule has 0 saturated heterocycles. The van der Waals surface area contributed by atoms with Crippen LogP contribution in [0.3, 0.4) is 0 Å². The lowest BCUT2D eigenvalue weighted by atomic mass is 10.2. The van der Waals surface area contributed by atoms with Gasteiger partial charge in [0.2, 0.25) is 5.95 Å². The highest BCUT2D eigenvalue weighted by Crippen LogP contribution is 2.14. The van der Waals surface area contributed by atoms with Crippen molar-refractivity contribution in [2.45, 2.75) is 13.5 Å². The molecule has 118 valence electrons. The fourth-order valence-electron chi connectivity index (χ4n) is 2.04. The highest BCUT2D eigenvalue weighted by Gasteiger charge is 2.11. The second-order valence-electron chi connectivity index (χ2n) is 4.80. The van der Waals surface area contributed by atoms with Crippen molar-refractivity contribution in [1.82, 2.24) is 19.6 Å². The van der Waals surface area contributed by atoms with Crippen LogP contribution >= 0.6 is 11.6 Å². The Morgan fingerprint density at radius 3 is 2.96 bits per heavy atom. The van der Waals surface area contributed by atoms with Gasteiger partial charge in [-0.2, -0.15) is 9.50 Å². The van der Waals surface area contributed by atoms with Gasteiger partial charge in [0.25, 0.3) is 17.0 Å². The molecule has 1 aromatic carbocycles. The van der Waals surface area contributed by atoms with E-state index >= 15 is 0 Å². The molecule has 0 fully saturated rings. The maximum Gasteiger partial charge on any atom is 0.293 e. The van der Waals surface area contributed by atoms with Gasteiger partial charge in [-0.3, -0.25) is 20.0 Å². The minimum atomic E-state index is -0.459. The molecule has 2 heterocycles. The van der Waals surface area contributed by atoms with Gasteiger partial charge in [0.05, 0.1) is 10.6 Å². The molecule has 0 radical (unpaired) electrons. The molecule has 23 heavy (non-hydrogen) atoms. The third kappa shape index (κ3) is 2.86. The number of non-ortho nitro benzene ring substituents is 1. The number of aromatic nitrogens is 4. The van der Waals surface area contributed by atoms with E-state index in [0.29, 0.717) is 23.8 Å². The van der Waals surface area contributed by atoms with Gasteiger partial charge in [-0.1, -0.05) is 23.7 Å². The lowest BCUT2D eigenvalue weighted by molar-refractivity contribution is -0.384. The molecule has 3 rings (SSSR count). The van der Waals surface area contributed by atoms with E-state index in [0.717, 1.165) is 4.52 Å². The number of aryl methyl sites for hydroxylation is 1. The molecule has 3 aromatic rings. The van der Waals surface area contributed by atoms with Crippen LogP contribution in [0.4, 0.5) is 11.6 Å². The third-order valence-electron chi connectivity index (χ3n) is 3.19. The number of nitro benzene ring substituents is 1. The lowest BCUT2D eigenvalue weighted by Gasteiger charge is -2.02. The number of nitrogens with zero attached hydrogens (tertiary/aromatic N) is 4. The van der Waals surface area contributed by atoms with Crippen LogP contribution in [0.15, 0.2) is 29.1 Å². The van der Waals surface area contributed by atoms with Crippen LogP contribution in [0.5, 0.6) is 0 Å². The molecular weight excluding hydrogens is 324 g/mol. The number of nitro groups is 1. The Hall–Kier alpha value is -2.94. The van der Waals surface area contributed by atoms with Gasteiger partial charge in [0.15, 0.2) is 0 Å². The Morgan fingerprint density at radius 1 is 1.43 bits per heavy atom. The average Bonchev–Trinajstić information content (AvgIpc) is 2.94. The molecule has 0 amide bonds. The molecule has 0 spiro atoms. The first-order valence-corrected chi connectivity index (χ1v) is 6.95. The van der Waals surface area contributed by atoms with Crippen molar-refractivity contribution >= 4 is 29.0 Å². The van der Waals surface area contributed by atoms with Crippen molar-refractivity contribution in [1.29, 1.82) is 0 Å². The van der Waals surface area contributed by atoms with E-state index in [2.05, 4.69) is 20.4 Å². The van der Waals surface area contributed by atoms with E-state index in [4.69, 9.17) is 11.6 Å². The van der Waals surface area contributed by atoms with Crippen molar-refractivity contribution in [3.05, 3.63) is 61.0 Å². The Balaban J connectivity index is 1.85. The van der Waals surface area contributed by atoms with E-state index in [1.54, 1.807) is 19.1 Å². The number of halogens is 1. The number of H-pyrrole nitrogens is 1. The van der Waals surface area contributed by atoms with Crippen LogP contribution < -0.4 is 10.9 Å². The molecule has 2 N–H and O–H groups in total. The number of nitrogens with one attached hydrogen (secondary N) is 2. The molecular formula is C13H11ClN6O3. The molecule has 0 aliphatic heterocycles. The maximum absolute atomic E-state index is 12.0. The Morgan fingerprint density at radius 2 is 2.22 bits per heavy atom. The van der Waals surface area contributed by atoms with Gasteiger partial charge in [-0.15, -0.1) is 0 Å². The first-order chi connectivity index (χ1) is 11.0. The molecule has 2 aromatic heterocycles. The summed E-state index contributed by atoms with van der Waals surface area (Å²) in [6.07, 6.45) is 0. The van der Waals surface area contributed by atoms with Gasteiger partial charge >= 0.3 is 0 Å². The molecule has 0 saturated carbocycles. The highest BCUT2D eigenvalue weighted by atomic mass is 35.5. The van der Waals surface area contributed by atoms with Crippen molar-refractivity contribution in [2.75, 3.05) is 5.32 Å². The van der Waals surface area contributed by atoms with Crippen LogP contribution in [-0.4, -0.2) is 24.5 Å². The fourth-order valence-corrected chi connectivity index (χ4v) is 2.17. The minimum absolute atomic E-state index is 0.00852.